The molecule has 0 bridgehead atoms. The van der Waals surface area contributed by atoms with Crippen LogP contribution in [0.1, 0.15) is 69.2 Å². The van der Waals surface area contributed by atoms with E-state index in [4.69, 9.17) is 10.5 Å². The summed E-state index contributed by atoms with van der Waals surface area (Å²) in [5.41, 5.74) is 5.76. The van der Waals surface area contributed by atoms with E-state index in [1.54, 1.807) is 12.1 Å². The summed E-state index contributed by atoms with van der Waals surface area (Å²) in [5.74, 6) is -0.550. The summed E-state index contributed by atoms with van der Waals surface area (Å²) in [6.07, 6.45) is 1.18. The van der Waals surface area contributed by atoms with Crippen molar-refractivity contribution in [2.24, 2.45) is 11.7 Å². The summed E-state index contributed by atoms with van der Waals surface area (Å²) in [6, 6.07) is 4.91. The van der Waals surface area contributed by atoms with Gasteiger partial charge in [0, 0.05) is 11.1 Å². The van der Waals surface area contributed by atoms with Gasteiger partial charge in [0.1, 0.15) is 23.5 Å². The zero-order chi connectivity index (χ0) is 22.6. The van der Waals surface area contributed by atoms with Crippen molar-refractivity contribution in [1.82, 2.24) is 20.3 Å². The summed E-state index contributed by atoms with van der Waals surface area (Å²) in [4.78, 5) is 32.6. The van der Waals surface area contributed by atoms with Gasteiger partial charge in [-0.1, -0.05) is 6.07 Å². The number of nitrogens with one attached hydrogen (secondary N) is 2. The summed E-state index contributed by atoms with van der Waals surface area (Å²) in [5, 5.41) is 17.0. The summed E-state index contributed by atoms with van der Waals surface area (Å²) in [7, 11) is 0. The van der Waals surface area contributed by atoms with Crippen molar-refractivity contribution in [3.63, 3.8) is 0 Å². The number of para-hydroxylation sites is 1. The van der Waals surface area contributed by atoms with Crippen LogP contribution < -0.4 is 11.1 Å². The van der Waals surface area contributed by atoms with Crippen molar-refractivity contribution in [2.75, 3.05) is 6.54 Å². The summed E-state index contributed by atoms with van der Waals surface area (Å²) >= 11 is 0. The molecule has 9 nitrogen and oxygen atoms in total. The molecule has 2 fully saturated rings. The van der Waals surface area contributed by atoms with Crippen molar-refractivity contribution in [3.05, 3.63) is 34.8 Å². The quantitative estimate of drug-likeness (QED) is 0.636. The molecule has 4 rings (SSSR count). The monoisotopic (exact) mass is 428 g/mol. The van der Waals surface area contributed by atoms with Crippen molar-refractivity contribution in [2.45, 2.75) is 70.2 Å². The minimum Gasteiger partial charge on any atom is -0.784 e. The molecule has 3 heterocycles. The Morgan fingerprint density at radius 2 is 1.90 bits per heavy atom. The number of carbonyl (C=O) groups is 2. The van der Waals surface area contributed by atoms with Crippen LogP contribution in [0.15, 0.2) is 18.2 Å². The third-order valence-corrected chi connectivity index (χ3v) is 6.45. The number of amides is 1. The molecule has 31 heavy (non-hydrogen) atoms. The van der Waals surface area contributed by atoms with Crippen LogP contribution in [0.5, 0.6) is 0 Å². The number of aromatic amines is 1. The number of imidazole rings is 1. The molecule has 0 aliphatic carbocycles. The normalized spacial score (nSPS) is 26.2. The Bertz CT molecular complexity index is 996. The first-order chi connectivity index (χ1) is 14.5. The van der Waals surface area contributed by atoms with Crippen LogP contribution in [-0.2, 0) is 9.53 Å². The minimum atomic E-state index is -0.636. The molecule has 2 aliphatic heterocycles. The Hall–Kier alpha value is -2.49. The maximum Gasteiger partial charge on any atom is 0.309 e. The highest BCUT2D eigenvalue weighted by atomic mass is 16.5. The average molecular weight is 429 g/mol. The highest BCUT2D eigenvalue weighted by Gasteiger charge is 2.44. The lowest BCUT2D eigenvalue weighted by Gasteiger charge is -2.59. The van der Waals surface area contributed by atoms with E-state index < -0.39 is 17.0 Å². The predicted octanol–water partition coefficient (Wildman–Crippen LogP) is 2.38. The number of esters is 1. The largest absolute Gasteiger partial charge is 0.784 e. The first-order valence-electron chi connectivity index (χ1n) is 10.7. The molecule has 2 atom stereocenters. The van der Waals surface area contributed by atoms with E-state index in [2.05, 4.69) is 15.3 Å². The molecule has 0 saturated carbocycles. The van der Waals surface area contributed by atoms with E-state index >= 15 is 0 Å². The van der Waals surface area contributed by atoms with Gasteiger partial charge in [-0.05, 0) is 65.6 Å². The van der Waals surface area contributed by atoms with E-state index in [1.807, 2.05) is 33.8 Å². The standard InChI is InChI=1S/C22H30N5O4/c1-21(2)10-12(11-22(3,4)27(21)30)20(29)31-15-8-9-24-17(15)19-25-14-7-5-6-13(18(23)28)16(14)26-19/h5-7,12,15,17,24H,8-11H2,1-4H3,(H2,23,28)(H,25,26)/q-1. The number of H-pyrrole nitrogens is 1. The van der Waals surface area contributed by atoms with Gasteiger partial charge in [0.15, 0.2) is 0 Å². The van der Waals surface area contributed by atoms with Crippen LogP contribution in [0.25, 0.3) is 11.0 Å². The van der Waals surface area contributed by atoms with Gasteiger partial charge in [-0.25, -0.2) is 4.98 Å². The molecule has 168 valence electrons. The van der Waals surface area contributed by atoms with Crippen LogP contribution >= 0.6 is 0 Å². The molecule has 0 radical (unpaired) electrons. The fraction of sp³-hybridized carbons (Fsp3) is 0.591. The SMILES string of the molecule is CC1(C)CC(C(=O)OC2CCNC2c2nc3c(C(N)=O)cccc3[nH]2)CC(C)(C)N1[O-]. The van der Waals surface area contributed by atoms with Crippen LogP contribution in [0.4, 0.5) is 0 Å². The Balaban J connectivity index is 1.53. The number of aromatic nitrogens is 2. The number of piperidine rings is 1. The molecular formula is C22H30N5O4-. The number of hydrogen-bond donors (Lipinski definition) is 3. The van der Waals surface area contributed by atoms with Crippen LogP contribution in [0, 0.1) is 11.1 Å². The molecule has 2 aromatic rings. The molecule has 1 aromatic heterocycles. The van der Waals surface area contributed by atoms with Gasteiger partial charge in [-0.2, -0.15) is 0 Å². The molecule has 4 N–H and O–H groups in total. The first kappa shape index (κ1) is 21.7. The number of primary amides is 1. The number of benzene rings is 1. The number of carbonyl (C=O) groups excluding carboxylic acids is 2. The van der Waals surface area contributed by atoms with Gasteiger partial charge in [0.05, 0.1) is 17.0 Å². The molecule has 2 saturated heterocycles. The van der Waals surface area contributed by atoms with Crippen LogP contribution in [0.3, 0.4) is 0 Å². The van der Waals surface area contributed by atoms with Crippen molar-refractivity contribution >= 4 is 22.9 Å². The zero-order valence-electron chi connectivity index (χ0n) is 18.4. The first-order valence-corrected chi connectivity index (χ1v) is 10.7. The number of ether oxygens (including phenoxy) is 1. The predicted molar refractivity (Wildman–Crippen MR) is 116 cm³/mol. The van der Waals surface area contributed by atoms with Gasteiger partial charge in [-0.3, -0.25) is 9.59 Å². The Labute approximate surface area is 181 Å². The van der Waals surface area contributed by atoms with Gasteiger partial charge in [0.2, 0.25) is 0 Å². The maximum absolute atomic E-state index is 13.1. The number of nitrogens with two attached hydrogens (primary N) is 1. The van der Waals surface area contributed by atoms with Crippen molar-refractivity contribution in [1.29, 1.82) is 0 Å². The van der Waals surface area contributed by atoms with E-state index in [1.165, 1.54) is 0 Å². The van der Waals surface area contributed by atoms with E-state index in [-0.39, 0.29) is 24.0 Å². The lowest BCUT2D eigenvalue weighted by atomic mass is 9.75. The smallest absolute Gasteiger partial charge is 0.309 e. The van der Waals surface area contributed by atoms with Gasteiger partial charge in [-0.15, -0.1) is 0 Å². The highest BCUT2D eigenvalue weighted by molar-refractivity contribution is 6.04. The zero-order valence-corrected chi connectivity index (χ0v) is 18.4. The third-order valence-electron chi connectivity index (χ3n) is 6.45. The van der Waals surface area contributed by atoms with Crippen molar-refractivity contribution in [3.8, 4) is 0 Å². The molecule has 2 unspecified atom stereocenters. The second-order valence-electron chi connectivity index (χ2n) is 9.91. The number of hydrogen-bond acceptors (Lipinski definition) is 7. The van der Waals surface area contributed by atoms with E-state index in [9.17, 15) is 14.8 Å². The lowest BCUT2D eigenvalue weighted by molar-refractivity contribution is -0.161. The maximum atomic E-state index is 13.1. The summed E-state index contributed by atoms with van der Waals surface area (Å²) < 4.78 is 5.94. The molecular weight excluding hydrogens is 398 g/mol. The number of fused-ring (bicyclic) bond motifs is 1. The summed E-state index contributed by atoms with van der Waals surface area (Å²) in [6.45, 7) is 8.15. The Morgan fingerprint density at radius 3 is 2.55 bits per heavy atom. The van der Waals surface area contributed by atoms with Gasteiger partial charge < -0.3 is 31.0 Å². The fourth-order valence-corrected chi connectivity index (χ4v) is 5.15. The topological polar surface area (TPSA) is 136 Å². The lowest BCUT2D eigenvalue weighted by Crippen LogP contribution is -2.58. The average Bonchev–Trinajstić information content (AvgIpc) is 3.31. The number of nitrogens with zero attached hydrogens (tertiary/aromatic N) is 2. The highest BCUT2D eigenvalue weighted by Crippen LogP contribution is 2.41. The third kappa shape index (κ3) is 3.93. The van der Waals surface area contributed by atoms with E-state index in [0.29, 0.717) is 48.2 Å². The van der Waals surface area contributed by atoms with Crippen LogP contribution in [0.2, 0.25) is 0 Å². The molecule has 0 spiro atoms. The Morgan fingerprint density at radius 1 is 1.23 bits per heavy atom. The number of hydroxylamine groups is 2. The van der Waals surface area contributed by atoms with Gasteiger partial charge >= 0.3 is 5.97 Å². The minimum absolute atomic E-state index is 0.276. The molecule has 9 heteroatoms. The van der Waals surface area contributed by atoms with Gasteiger partial charge in [0.25, 0.3) is 5.91 Å². The number of rotatable bonds is 4. The molecule has 1 amide bonds. The van der Waals surface area contributed by atoms with Crippen molar-refractivity contribution < 1.29 is 14.3 Å². The Kier molecular flexibility index (Phi) is 5.31. The second kappa shape index (κ2) is 7.58. The molecule has 2 aliphatic rings. The fourth-order valence-electron chi connectivity index (χ4n) is 5.15. The van der Waals surface area contributed by atoms with Crippen LogP contribution in [-0.4, -0.2) is 50.6 Å². The molecule has 1 aromatic carbocycles. The van der Waals surface area contributed by atoms with E-state index in [0.717, 1.165) is 5.06 Å². The second-order valence-corrected chi connectivity index (χ2v) is 9.91.